The Kier molecular flexibility index (Phi) is 16.6. The summed E-state index contributed by atoms with van der Waals surface area (Å²) in [6.07, 6.45) is 1.24. The highest BCUT2D eigenvalue weighted by molar-refractivity contribution is 5.86. The van der Waals surface area contributed by atoms with E-state index in [1.807, 2.05) is 20.8 Å². The summed E-state index contributed by atoms with van der Waals surface area (Å²) in [7, 11) is 5.42. The molecular weight excluding hydrogens is 392 g/mol. The van der Waals surface area contributed by atoms with Crippen LogP contribution in [0.3, 0.4) is 0 Å². The van der Waals surface area contributed by atoms with E-state index in [1.165, 1.54) is 28.4 Å². The van der Waals surface area contributed by atoms with Crippen molar-refractivity contribution in [1.82, 2.24) is 0 Å². The van der Waals surface area contributed by atoms with Crippen LogP contribution in [0.1, 0.15) is 61.3 Å². The Morgan fingerprint density at radius 1 is 0.800 bits per heavy atom. The minimum absolute atomic E-state index is 0.134. The molecule has 176 valence electrons. The average Bonchev–Trinajstić information content (AvgIpc) is 2.71. The van der Waals surface area contributed by atoms with Gasteiger partial charge in [0.15, 0.2) is 0 Å². The van der Waals surface area contributed by atoms with Crippen LogP contribution in [0.5, 0.6) is 0 Å². The second-order valence-electron chi connectivity index (χ2n) is 8.00. The van der Waals surface area contributed by atoms with Crippen LogP contribution in [0.4, 0.5) is 0 Å². The molecule has 0 N–H and O–H groups in total. The monoisotopic (exact) mass is 432 g/mol. The van der Waals surface area contributed by atoms with E-state index in [-0.39, 0.29) is 35.2 Å². The van der Waals surface area contributed by atoms with E-state index in [4.69, 9.17) is 0 Å². The van der Waals surface area contributed by atoms with Crippen LogP contribution in [-0.2, 0) is 38.1 Å². The van der Waals surface area contributed by atoms with Crippen LogP contribution in [0.2, 0.25) is 0 Å². The van der Waals surface area contributed by atoms with Crippen LogP contribution in [-0.4, -0.2) is 52.3 Å². The third-order valence-electron chi connectivity index (χ3n) is 4.31. The van der Waals surface area contributed by atoms with E-state index >= 15 is 0 Å². The normalized spacial score (nSPS) is 11.3. The standard InChI is InChI=1S/C10H18O4.C7H14O2.C5H8O2/c1-7(8(11)13-4)6-10(2,3)9(12)14-5;1-5-7(2,3)6(8)9-4;1-4(2)5(6)7-3/h7H,6H2,1-5H3;5H2,1-4H3;1H2,2-3H3. The molecule has 0 fully saturated rings. The molecule has 8 nitrogen and oxygen atoms in total. The predicted molar refractivity (Wildman–Crippen MR) is 115 cm³/mol. The van der Waals surface area contributed by atoms with E-state index in [1.54, 1.807) is 27.7 Å². The Hall–Kier alpha value is -2.38. The van der Waals surface area contributed by atoms with Crippen LogP contribution in [0.25, 0.3) is 0 Å². The number of carbonyl (C=O) groups excluding carboxylic acids is 4. The summed E-state index contributed by atoms with van der Waals surface area (Å²) in [5.74, 6) is -1.39. The molecule has 0 bridgehead atoms. The molecule has 0 saturated heterocycles. The molecule has 0 aromatic heterocycles. The summed E-state index contributed by atoms with van der Waals surface area (Å²) in [5, 5.41) is 0. The minimum atomic E-state index is -0.650. The first-order valence-electron chi connectivity index (χ1n) is 9.56. The molecule has 0 saturated carbocycles. The Morgan fingerprint density at radius 3 is 1.40 bits per heavy atom. The van der Waals surface area contributed by atoms with Crippen molar-refractivity contribution in [2.45, 2.75) is 61.3 Å². The highest BCUT2D eigenvalue weighted by atomic mass is 16.5. The zero-order chi connectivity index (χ0) is 24.7. The summed E-state index contributed by atoms with van der Waals surface area (Å²) < 4.78 is 18.1. The quantitative estimate of drug-likeness (QED) is 0.340. The molecule has 0 heterocycles. The van der Waals surface area contributed by atoms with Crippen molar-refractivity contribution < 1.29 is 38.1 Å². The Bertz CT molecular complexity index is 576. The number of esters is 4. The van der Waals surface area contributed by atoms with Crippen LogP contribution in [0, 0.1) is 16.7 Å². The predicted octanol–water partition coefficient (Wildman–Crippen LogP) is 3.72. The summed E-state index contributed by atoms with van der Waals surface area (Å²) in [6.45, 7) is 15.9. The van der Waals surface area contributed by atoms with Crippen LogP contribution in [0.15, 0.2) is 12.2 Å². The summed E-state index contributed by atoms with van der Waals surface area (Å²) >= 11 is 0. The zero-order valence-electron chi connectivity index (χ0n) is 20.5. The number of carbonyl (C=O) groups is 4. The van der Waals surface area contributed by atoms with Gasteiger partial charge in [-0.15, -0.1) is 0 Å². The Balaban J connectivity index is -0.000000393. The van der Waals surface area contributed by atoms with Gasteiger partial charge in [-0.2, -0.15) is 0 Å². The fraction of sp³-hybridized carbons (Fsp3) is 0.727. The molecule has 0 aromatic carbocycles. The van der Waals surface area contributed by atoms with Gasteiger partial charge in [0.1, 0.15) is 0 Å². The maximum absolute atomic E-state index is 11.3. The lowest BCUT2D eigenvalue weighted by atomic mass is 9.83. The first-order valence-corrected chi connectivity index (χ1v) is 9.56. The number of hydrogen-bond acceptors (Lipinski definition) is 8. The van der Waals surface area contributed by atoms with Crippen molar-refractivity contribution in [3.63, 3.8) is 0 Å². The van der Waals surface area contributed by atoms with Gasteiger partial charge in [0.2, 0.25) is 0 Å². The second-order valence-corrected chi connectivity index (χ2v) is 8.00. The maximum atomic E-state index is 11.3. The molecule has 8 heteroatoms. The van der Waals surface area contributed by atoms with Crippen molar-refractivity contribution in [1.29, 1.82) is 0 Å². The first-order chi connectivity index (χ1) is 13.6. The van der Waals surface area contributed by atoms with E-state index < -0.39 is 5.41 Å². The number of hydrogen-bond donors (Lipinski definition) is 0. The average molecular weight is 433 g/mol. The first kappa shape index (κ1) is 32.3. The SMILES string of the molecule is C=C(C)C(=O)OC.CCC(C)(C)C(=O)OC.COC(=O)C(C)CC(C)(C)C(=O)OC. The van der Waals surface area contributed by atoms with Crippen LogP contribution < -0.4 is 0 Å². The summed E-state index contributed by atoms with van der Waals surface area (Å²) in [4.78, 5) is 43.5. The highest BCUT2D eigenvalue weighted by Gasteiger charge is 2.33. The van der Waals surface area contributed by atoms with E-state index in [9.17, 15) is 19.2 Å². The van der Waals surface area contributed by atoms with Crippen molar-refractivity contribution >= 4 is 23.9 Å². The van der Waals surface area contributed by atoms with Crippen LogP contribution >= 0.6 is 0 Å². The lowest BCUT2D eigenvalue weighted by Gasteiger charge is -2.23. The lowest BCUT2D eigenvalue weighted by molar-refractivity contribution is -0.154. The number of rotatable bonds is 7. The third-order valence-corrected chi connectivity index (χ3v) is 4.31. The fourth-order valence-electron chi connectivity index (χ4n) is 2.00. The third kappa shape index (κ3) is 13.7. The Morgan fingerprint density at radius 2 is 1.20 bits per heavy atom. The van der Waals surface area contributed by atoms with E-state index in [0.29, 0.717) is 12.0 Å². The van der Waals surface area contributed by atoms with E-state index in [0.717, 1.165) is 6.42 Å². The van der Waals surface area contributed by atoms with Gasteiger partial charge in [-0.1, -0.05) is 20.4 Å². The highest BCUT2D eigenvalue weighted by Crippen LogP contribution is 2.27. The largest absolute Gasteiger partial charge is 0.469 e. The zero-order valence-corrected chi connectivity index (χ0v) is 20.5. The van der Waals surface area contributed by atoms with Crippen molar-refractivity contribution in [2.24, 2.45) is 16.7 Å². The lowest BCUT2D eigenvalue weighted by Crippen LogP contribution is -2.30. The Labute approximate surface area is 181 Å². The topological polar surface area (TPSA) is 105 Å². The van der Waals surface area contributed by atoms with Gasteiger partial charge in [0, 0.05) is 5.57 Å². The molecule has 0 amide bonds. The van der Waals surface area contributed by atoms with Crippen molar-refractivity contribution in [3.05, 3.63) is 12.2 Å². The van der Waals surface area contributed by atoms with Gasteiger partial charge in [0.25, 0.3) is 0 Å². The van der Waals surface area contributed by atoms with Gasteiger partial charge >= 0.3 is 23.9 Å². The molecule has 0 rings (SSSR count). The van der Waals surface area contributed by atoms with Gasteiger partial charge < -0.3 is 18.9 Å². The molecule has 1 atom stereocenters. The maximum Gasteiger partial charge on any atom is 0.332 e. The molecule has 0 aliphatic heterocycles. The molecule has 0 aromatic rings. The minimum Gasteiger partial charge on any atom is -0.469 e. The molecule has 1 unspecified atom stereocenters. The van der Waals surface area contributed by atoms with Gasteiger partial charge in [-0.3, -0.25) is 14.4 Å². The van der Waals surface area contributed by atoms with Gasteiger partial charge in [-0.25, -0.2) is 4.79 Å². The smallest absolute Gasteiger partial charge is 0.332 e. The van der Waals surface area contributed by atoms with Crippen molar-refractivity contribution in [2.75, 3.05) is 28.4 Å². The van der Waals surface area contributed by atoms with Gasteiger partial charge in [0.05, 0.1) is 45.2 Å². The molecule has 0 aliphatic carbocycles. The summed E-state index contributed by atoms with van der Waals surface area (Å²) in [6, 6.07) is 0. The fourth-order valence-corrected chi connectivity index (χ4v) is 2.00. The molecule has 30 heavy (non-hydrogen) atoms. The van der Waals surface area contributed by atoms with E-state index in [2.05, 4.69) is 25.5 Å². The molecule has 0 spiro atoms. The second kappa shape index (κ2) is 15.5. The molecule has 0 aliphatic rings. The molecule has 0 radical (unpaired) electrons. The number of methoxy groups -OCH3 is 4. The molecular formula is C22H40O8. The van der Waals surface area contributed by atoms with Gasteiger partial charge in [-0.05, 0) is 47.5 Å². The summed E-state index contributed by atoms with van der Waals surface area (Å²) in [5.41, 5.74) is -0.528. The van der Waals surface area contributed by atoms with Crippen molar-refractivity contribution in [3.8, 4) is 0 Å². The number of ether oxygens (including phenoxy) is 4.